The number of nitrogens with zero attached hydrogens (tertiary/aromatic N) is 6. The van der Waals surface area contributed by atoms with Crippen molar-refractivity contribution in [1.29, 1.82) is 0 Å². The van der Waals surface area contributed by atoms with Gasteiger partial charge in [0.1, 0.15) is 34.5 Å². The van der Waals surface area contributed by atoms with Crippen LogP contribution in [0.1, 0.15) is 49.9 Å². The highest BCUT2D eigenvalue weighted by atomic mass is 79.9. The number of phosphoric acid groups is 1. The van der Waals surface area contributed by atoms with Gasteiger partial charge in [-0.2, -0.15) is 5.10 Å². The third kappa shape index (κ3) is 6.83. The summed E-state index contributed by atoms with van der Waals surface area (Å²) >= 11 is 3.32. The number of nitrogens with one attached hydrogen (secondary N) is 1. The molecule has 3 atom stereocenters. The monoisotopic (exact) mass is 739 g/mol. The number of pyridine rings is 1. The predicted molar refractivity (Wildman–Crippen MR) is 179 cm³/mol. The number of Topliss-reactive ketones (excluding diaryl/α,β-unsaturated/α-hetero) is 1. The summed E-state index contributed by atoms with van der Waals surface area (Å²) in [4.78, 5) is 55.0. The summed E-state index contributed by atoms with van der Waals surface area (Å²) in [7, 11) is -3.83. The number of carbonyl (C=O) groups excluding carboxylic acids is 3. The van der Waals surface area contributed by atoms with Crippen molar-refractivity contribution in [2.24, 2.45) is 5.41 Å². The molecule has 6 rings (SSSR count). The maximum atomic E-state index is 14.2. The van der Waals surface area contributed by atoms with E-state index in [1.54, 1.807) is 62.3 Å². The zero-order valence-electron chi connectivity index (χ0n) is 26.9. The van der Waals surface area contributed by atoms with Gasteiger partial charge < -0.3 is 10.2 Å². The summed E-state index contributed by atoms with van der Waals surface area (Å²) in [6.45, 7) is 6.61. The molecule has 2 fully saturated rings. The molecule has 1 saturated heterocycles. The van der Waals surface area contributed by atoms with Crippen molar-refractivity contribution in [2.75, 3.05) is 25.1 Å². The second-order valence-electron chi connectivity index (χ2n) is 11.8. The van der Waals surface area contributed by atoms with Crippen molar-refractivity contribution in [3.8, 4) is 11.1 Å². The van der Waals surface area contributed by atoms with E-state index in [9.17, 15) is 18.9 Å². The number of fused-ring (bicyclic) bond motifs is 2. The molecule has 1 saturated carbocycles. The SMILES string of the molecule is CCOP(=O)(OCC)OC[C@@]12C[C@@H](C(=O)Nc3cccc(Br)n3)N(C(=O)Cn3nc(C(C)=O)c4cc(-c5cnc(C)nc5)ccc43)[C@@H]1C2. The lowest BCUT2D eigenvalue weighted by molar-refractivity contribution is -0.138. The van der Waals surface area contributed by atoms with E-state index in [0.29, 0.717) is 33.6 Å². The molecule has 2 amide bonds. The van der Waals surface area contributed by atoms with Gasteiger partial charge in [-0.1, -0.05) is 12.1 Å². The molecule has 0 bridgehead atoms. The number of anilines is 1. The van der Waals surface area contributed by atoms with Crippen molar-refractivity contribution in [1.82, 2.24) is 29.6 Å². The van der Waals surface area contributed by atoms with Crippen LogP contribution in [-0.4, -0.2) is 79.1 Å². The number of rotatable bonds is 13. The van der Waals surface area contributed by atoms with Gasteiger partial charge in [0.25, 0.3) is 0 Å². The predicted octanol–water partition coefficient (Wildman–Crippen LogP) is 5.36. The first-order chi connectivity index (χ1) is 23.0. The van der Waals surface area contributed by atoms with Gasteiger partial charge in [-0.05, 0) is 79.4 Å². The molecule has 14 nitrogen and oxygen atoms in total. The van der Waals surface area contributed by atoms with Crippen LogP contribution in [0.5, 0.6) is 0 Å². The highest BCUT2D eigenvalue weighted by Gasteiger charge is 2.67. The Kier molecular flexibility index (Phi) is 9.60. The number of hydrogen-bond acceptors (Lipinski definition) is 11. The Morgan fingerprint density at radius 3 is 2.44 bits per heavy atom. The van der Waals surface area contributed by atoms with E-state index in [1.807, 2.05) is 12.1 Å². The van der Waals surface area contributed by atoms with Gasteiger partial charge in [0, 0.05) is 41.7 Å². The van der Waals surface area contributed by atoms with Gasteiger partial charge in [0.15, 0.2) is 5.78 Å². The van der Waals surface area contributed by atoms with Gasteiger partial charge in [-0.25, -0.2) is 19.5 Å². The minimum atomic E-state index is -3.83. The first kappa shape index (κ1) is 34.0. The Balaban J connectivity index is 1.29. The smallest absolute Gasteiger partial charge is 0.325 e. The second kappa shape index (κ2) is 13.6. The molecular formula is C32H35BrN7O7P. The third-order valence-electron chi connectivity index (χ3n) is 8.54. The summed E-state index contributed by atoms with van der Waals surface area (Å²) in [5, 5.41) is 7.95. The second-order valence-corrected chi connectivity index (χ2v) is 14.3. The third-order valence-corrected chi connectivity index (χ3v) is 10.6. The Morgan fingerprint density at radius 1 is 1.04 bits per heavy atom. The zero-order valence-corrected chi connectivity index (χ0v) is 29.4. The van der Waals surface area contributed by atoms with E-state index in [4.69, 9.17) is 13.6 Å². The van der Waals surface area contributed by atoms with Crippen LogP contribution >= 0.6 is 23.8 Å². The van der Waals surface area contributed by atoms with Gasteiger partial charge >= 0.3 is 7.82 Å². The number of piperidine rings is 1. The molecule has 252 valence electrons. The van der Waals surface area contributed by atoms with Gasteiger partial charge in [0.2, 0.25) is 11.8 Å². The number of halogens is 1. The van der Waals surface area contributed by atoms with Crippen molar-refractivity contribution in [2.45, 2.75) is 59.2 Å². The summed E-state index contributed by atoms with van der Waals surface area (Å²) < 4.78 is 31.5. The summed E-state index contributed by atoms with van der Waals surface area (Å²) in [5.41, 5.74) is 1.75. The largest absolute Gasteiger partial charge is 0.474 e. The van der Waals surface area contributed by atoms with E-state index < -0.39 is 25.2 Å². The fourth-order valence-electron chi connectivity index (χ4n) is 6.23. The number of aromatic nitrogens is 5. The van der Waals surface area contributed by atoms with E-state index >= 15 is 0 Å². The van der Waals surface area contributed by atoms with E-state index in [0.717, 1.165) is 11.1 Å². The maximum absolute atomic E-state index is 14.2. The Bertz CT molecular complexity index is 1930. The lowest BCUT2D eigenvalue weighted by Crippen LogP contribution is -2.46. The highest BCUT2D eigenvalue weighted by Crippen LogP contribution is 2.62. The van der Waals surface area contributed by atoms with Crippen LogP contribution in [0.2, 0.25) is 0 Å². The number of phosphoric ester groups is 1. The Labute approximate surface area is 285 Å². The molecule has 0 spiro atoms. The zero-order chi connectivity index (χ0) is 34.2. The van der Waals surface area contributed by atoms with Crippen LogP contribution in [0.4, 0.5) is 5.82 Å². The van der Waals surface area contributed by atoms with Crippen molar-refractivity contribution in [3.63, 3.8) is 0 Å². The van der Waals surface area contributed by atoms with Crippen LogP contribution in [-0.2, 0) is 34.3 Å². The van der Waals surface area contributed by atoms with Crippen LogP contribution in [0, 0.1) is 12.3 Å². The molecule has 2 aliphatic rings. The topological polar surface area (TPSA) is 168 Å². The van der Waals surface area contributed by atoms with E-state index in [1.165, 1.54) is 11.6 Å². The number of amides is 2. The fraction of sp³-hybridized carbons (Fsp3) is 0.406. The Hall–Kier alpha value is -3.88. The number of benzene rings is 1. The number of carbonyl (C=O) groups is 3. The summed E-state index contributed by atoms with van der Waals surface area (Å²) in [5.74, 6) is -0.0760. The maximum Gasteiger partial charge on any atom is 0.474 e. The number of hydrogen-bond donors (Lipinski definition) is 1. The first-order valence-corrected chi connectivity index (χ1v) is 17.8. The molecular weight excluding hydrogens is 705 g/mol. The summed E-state index contributed by atoms with van der Waals surface area (Å²) in [6.07, 6.45) is 4.22. The van der Waals surface area contributed by atoms with Gasteiger partial charge in [-0.3, -0.25) is 32.6 Å². The molecule has 4 aromatic rings. The minimum absolute atomic E-state index is 0.0255. The molecule has 1 N–H and O–H groups in total. The quantitative estimate of drug-likeness (QED) is 0.107. The molecule has 1 aromatic carbocycles. The molecule has 3 aromatic heterocycles. The summed E-state index contributed by atoms with van der Waals surface area (Å²) in [6, 6.07) is 9.39. The molecule has 1 aliphatic heterocycles. The molecule has 48 heavy (non-hydrogen) atoms. The van der Waals surface area contributed by atoms with Gasteiger partial charge in [0.05, 0.1) is 25.3 Å². The molecule has 4 heterocycles. The number of likely N-dealkylation sites (tertiary alicyclic amines) is 1. The molecule has 1 aliphatic carbocycles. The number of ketones is 1. The highest BCUT2D eigenvalue weighted by molar-refractivity contribution is 9.10. The first-order valence-electron chi connectivity index (χ1n) is 15.5. The van der Waals surface area contributed by atoms with Crippen LogP contribution < -0.4 is 5.32 Å². The Morgan fingerprint density at radius 2 is 1.77 bits per heavy atom. The van der Waals surface area contributed by atoms with Crippen molar-refractivity contribution in [3.05, 3.63) is 64.9 Å². The molecule has 0 unspecified atom stereocenters. The van der Waals surface area contributed by atoms with E-state index in [-0.39, 0.29) is 56.2 Å². The van der Waals surface area contributed by atoms with Gasteiger partial charge in [-0.15, -0.1) is 0 Å². The lowest BCUT2D eigenvalue weighted by atomic mass is 10.0. The van der Waals surface area contributed by atoms with Crippen molar-refractivity contribution >= 4 is 58.1 Å². The average molecular weight is 741 g/mol. The molecule has 0 radical (unpaired) electrons. The lowest BCUT2D eigenvalue weighted by Gasteiger charge is -2.27. The number of aryl methyl sites for hydroxylation is 1. The normalized spacial score (nSPS) is 20.1. The molecule has 16 heteroatoms. The average Bonchev–Trinajstić information content (AvgIpc) is 3.47. The van der Waals surface area contributed by atoms with Crippen LogP contribution in [0.25, 0.3) is 22.0 Å². The van der Waals surface area contributed by atoms with Crippen molar-refractivity contribution < 1.29 is 32.5 Å². The van der Waals surface area contributed by atoms with Crippen LogP contribution in [0.3, 0.4) is 0 Å². The van der Waals surface area contributed by atoms with Crippen LogP contribution in [0.15, 0.2) is 53.4 Å². The standard InChI is InChI=1S/C32H35BrN7O7P/c1-5-45-48(44,46-6-2)47-18-32-13-25(31(43)37-28-9-7-8-27(33)36-28)40(26(32)14-32)29(42)17-39-24-11-10-21(22-15-34-20(4)35-16-22)12-23(24)30(38-39)19(3)41/h7-12,15-16,25-26H,5-6,13-14,17-18H2,1-4H3,(H,36,37,43)/t25-,26+,32-/m0/s1. The fourth-order valence-corrected chi connectivity index (χ4v) is 7.85. The minimum Gasteiger partial charge on any atom is -0.325 e. The van der Waals surface area contributed by atoms with E-state index in [2.05, 4.69) is 41.3 Å².